The van der Waals surface area contributed by atoms with Crippen LogP contribution in [0.15, 0.2) is 16.7 Å². The molecule has 2 fully saturated rings. The topological polar surface area (TPSA) is 42.6 Å². The first-order valence-corrected chi connectivity index (χ1v) is 8.35. The zero-order chi connectivity index (χ0) is 13.3. The lowest BCUT2D eigenvalue weighted by atomic mass is 9.80. The molecule has 0 amide bonds. The molecule has 4 heteroatoms. The van der Waals surface area contributed by atoms with Crippen LogP contribution in [-0.2, 0) is 11.2 Å². The van der Waals surface area contributed by atoms with Gasteiger partial charge in [0.15, 0.2) is 0 Å². The highest BCUT2D eigenvalue weighted by Crippen LogP contribution is 2.44. The molecular weight excluding hydrogens is 260 g/mol. The maximum absolute atomic E-state index is 10.7. The Labute approximate surface area is 118 Å². The Hall–Kier alpha value is -0.450. The Balaban J connectivity index is 1.74. The molecule has 3 rings (SSSR count). The van der Waals surface area contributed by atoms with E-state index in [2.05, 4.69) is 6.92 Å². The molecule has 1 aromatic rings. The Bertz CT molecular complexity index is 423. The number of aryl methyl sites for hydroxylation is 1. The van der Waals surface area contributed by atoms with E-state index in [1.54, 1.807) is 6.26 Å². The van der Waals surface area contributed by atoms with Crippen LogP contribution in [0.25, 0.3) is 0 Å². The van der Waals surface area contributed by atoms with E-state index in [9.17, 15) is 5.11 Å². The molecule has 106 valence electrons. The third kappa shape index (κ3) is 2.58. The van der Waals surface area contributed by atoms with E-state index in [0.717, 1.165) is 49.4 Å². The minimum Gasteiger partial charge on any atom is -0.469 e. The molecule has 3 unspecified atom stereocenters. The standard InChI is InChI=1S/C15H22O3S/c1-2-13-12(4-6-17-13)14(16)11-3-7-18-15(9-11)5-8-19-10-15/h4,6,11,14,16H,2-3,5,7-10H2,1H3. The molecule has 0 radical (unpaired) electrons. The summed E-state index contributed by atoms with van der Waals surface area (Å²) >= 11 is 1.97. The number of ether oxygens (including phenoxy) is 1. The zero-order valence-electron chi connectivity index (χ0n) is 11.4. The van der Waals surface area contributed by atoms with Crippen molar-refractivity contribution in [2.24, 2.45) is 5.92 Å². The molecule has 2 aliphatic heterocycles. The number of aliphatic hydroxyl groups is 1. The summed E-state index contributed by atoms with van der Waals surface area (Å²) in [6.45, 7) is 2.84. The average molecular weight is 282 g/mol. The Kier molecular flexibility index (Phi) is 3.92. The van der Waals surface area contributed by atoms with Crippen LogP contribution in [0.2, 0.25) is 0 Å². The molecule has 3 nitrogen and oxygen atoms in total. The summed E-state index contributed by atoms with van der Waals surface area (Å²) in [4.78, 5) is 0. The van der Waals surface area contributed by atoms with Crippen LogP contribution >= 0.6 is 11.8 Å². The van der Waals surface area contributed by atoms with Gasteiger partial charge in [-0.2, -0.15) is 11.8 Å². The summed E-state index contributed by atoms with van der Waals surface area (Å²) < 4.78 is 11.5. The molecule has 3 atom stereocenters. The van der Waals surface area contributed by atoms with Gasteiger partial charge in [0.05, 0.1) is 18.0 Å². The van der Waals surface area contributed by atoms with Crippen molar-refractivity contribution < 1.29 is 14.3 Å². The highest BCUT2D eigenvalue weighted by atomic mass is 32.2. The maximum atomic E-state index is 10.7. The minimum absolute atomic E-state index is 0.0324. The number of aliphatic hydroxyl groups excluding tert-OH is 1. The van der Waals surface area contributed by atoms with Crippen molar-refractivity contribution in [2.75, 3.05) is 18.1 Å². The van der Waals surface area contributed by atoms with E-state index in [4.69, 9.17) is 9.15 Å². The Morgan fingerprint density at radius 2 is 2.47 bits per heavy atom. The van der Waals surface area contributed by atoms with Gasteiger partial charge in [0.25, 0.3) is 0 Å². The van der Waals surface area contributed by atoms with Crippen LogP contribution in [0, 0.1) is 5.92 Å². The lowest BCUT2D eigenvalue weighted by molar-refractivity contribution is -0.102. The van der Waals surface area contributed by atoms with Crippen LogP contribution < -0.4 is 0 Å². The second-order valence-electron chi connectivity index (χ2n) is 5.68. The van der Waals surface area contributed by atoms with Crippen molar-refractivity contribution in [3.05, 3.63) is 23.7 Å². The number of furan rings is 1. The predicted octanol–water partition coefficient (Wildman–Crippen LogP) is 3.18. The highest BCUT2D eigenvalue weighted by Gasteiger charge is 2.42. The lowest BCUT2D eigenvalue weighted by Crippen LogP contribution is -2.41. The van der Waals surface area contributed by atoms with Gasteiger partial charge in [-0.3, -0.25) is 0 Å². The van der Waals surface area contributed by atoms with Crippen molar-refractivity contribution in [1.82, 2.24) is 0 Å². The van der Waals surface area contributed by atoms with Crippen molar-refractivity contribution in [3.63, 3.8) is 0 Å². The third-order valence-corrected chi connectivity index (χ3v) is 5.69. The van der Waals surface area contributed by atoms with Crippen LogP contribution in [0.5, 0.6) is 0 Å². The summed E-state index contributed by atoms with van der Waals surface area (Å²) in [6.07, 6.45) is 5.19. The highest BCUT2D eigenvalue weighted by molar-refractivity contribution is 7.99. The number of hydrogen-bond donors (Lipinski definition) is 1. The number of thioether (sulfide) groups is 1. The predicted molar refractivity (Wildman–Crippen MR) is 76.4 cm³/mol. The molecule has 19 heavy (non-hydrogen) atoms. The third-order valence-electron chi connectivity index (χ3n) is 4.46. The molecule has 0 aromatic carbocycles. The fraction of sp³-hybridized carbons (Fsp3) is 0.733. The first-order chi connectivity index (χ1) is 9.24. The maximum Gasteiger partial charge on any atom is 0.109 e. The average Bonchev–Trinajstić information content (AvgIpc) is 3.07. The number of hydrogen-bond acceptors (Lipinski definition) is 4. The van der Waals surface area contributed by atoms with E-state index in [1.165, 1.54) is 5.75 Å². The van der Waals surface area contributed by atoms with Gasteiger partial charge in [-0.25, -0.2) is 0 Å². The van der Waals surface area contributed by atoms with Gasteiger partial charge < -0.3 is 14.3 Å². The quantitative estimate of drug-likeness (QED) is 0.924. The second-order valence-corrected chi connectivity index (χ2v) is 6.79. The summed E-state index contributed by atoms with van der Waals surface area (Å²) in [5.74, 6) is 3.50. The van der Waals surface area contributed by atoms with Gasteiger partial charge in [0.1, 0.15) is 5.76 Å². The normalized spacial score (nSPS) is 32.8. The van der Waals surface area contributed by atoms with Gasteiger partial charge >= 0.3 is 0 Å². The van der Waals surface area contributed by atoms with Crippen molar-refractivity contribution in [3.8, 4) is 0 Å². The second kappa shape index (κ2) is 5.51. The van der Waals surface area contributed by atoms with Gasteiger partial charge in [-0.05, 0) is 37.0 Å². The first kappa shape index (κ1) is 13.5. The number of rotatable bonds is 3. The van der Waals surface area contributed by atoms with Crippen LogP contribution in [0.4, 0.5) is 0 Å². The van der Waals surface area contributed by atoms with E-state index in [-0.39, 0.29) is 5.60 Å². The van der Waals surface area contributed by atoms with Crippen LogP contribution in [0.3, 0.4) is 0 Å². The molecule has 1 spiro atoms. The molecule has 2 saturated heterocycles. The molecular formula is C15H22O3S. The Morgan fingerprint density at radius 3 is 3.21 bits per heavy atom. The summed E-state index contributed by atoms with van der Waals surface area (Å²) in [7, 11) is 0. The minimum atomic E-state index is -0.403. The first-order valence-electron chi connectivity index (χ1n) is 7.20. The fourth-order valence-corrected chi connectivity index (χ4v) is 4.73. The summed E-state index contributed by atoms with van der Waals surface area (Å²) in [5, 5.41) is 10.7. The van der Waals surface area contributed by atoms with Crippen LogP contribution in [-0.4, -0.2) is 28.8 Å². The van der Waals surface area contributed by atoms with E-state index in [1.807, 2.05) is 17.8 Å². The SMILES string of the molecule is CCc1occc1C(O)C1CCOC2(CCSC2)C1. The smallest absolute Gasteiger partial charge is 0.109 e. The van der Waals surface area contributed by atoms with E-state index in [0.29, 0.717) is 5.92 Å². The molecule has 0 aliphatic carbocycles. The van der Waals surface area contributed by atoms with Gasteiger partial charge in [-0.1, -0.05) is 6.92 Å². The van der Waals surface area contributed by atoms with Crippen LogP contribution in [0.1, 0.15) is 43.6 Å². The van der Waals surface area contributed by atoms with Crippen molar-refractivity contribution >= 4 is 11.8 Å². The largest absolute Gasteiger partial charge is 0.469 e. The lowest BCUT2D eigenvalue weighted by Gasteiger charge is -2.39. The molecule has 0 saturated carbocycles. The summed E-state index contributed by atoms with van der Waals surface area (Å²) in [6, 6.07) is 1.93. The van der Waals surface area contributed by atoms with Gasteiger partial charge in [0, 0.05) is 24.3 Å². The van der Waals surface area contributed by atoms with E-state index >= 15 is 0 Å². The monoisotopic (exact) mass is 282 g/mol. The van der Waals surface area contributed by atoms with Gasteiger partial charge in [0.2, 0.25) is 0 Å². The molecule has 0 bridgehead atoms. The molecule has 2 aliphatic rings. The van der Waals surface area contributed by atoms with Crippen molar-refractivity contribution in [1.29, 1.82) is 0 Å². The Morgan fingerprint density at radius 1 is 1.58 bits per heavy atom. The zero-order valence-corrected chi connectivity index (χ0v) is 12.2. The van der Waals surface area contributed by atoms with Gasteiger partial charge in [-0.15, -0.1) is 0 Å². The fourth-order valence-electron chi connectivity index (χ4n) is 3.35. The summed E-state index contributed by atoms with van der Waals surface area (Å²) in [5.41, 5.74) is 1.01. The molecule has 1 N–H and O–H groups in total. The van der Waals surface area contributed by atoms with Crippen molar-refractivity contribution in [2.45, 2.75) is 44.3 Å². The molecule has 1 aromatic heterocycles. The van der Waals surface area contributed by atoms with E-state index < -0.39 is 6.10 Å². The molecule has 3 heterocycles.